The van der Waals surface area contributed by atoms with Crippen molar-refractivity contribution in [1.29, 1.82) is 0 Å². The second-order valence-corrected chi connectivity index (χ2v) is 41.5. The molecule has 4 rings (SSSR count). The lowest BCUT2D eigenvalue weighted by Gasteiger charge is -2.66. The fraction of sp³-hybridized carbons (Fsp3) is 0.910. The van der Waals surface area contributed by atoms with Crippen LogP contribution in [0.5, 0.6) is 0 Å². The van der Waals surface area contributed by atoms with Crippen LogP contribution in [-0.2, 0) is 62.1 Å². The van der Waals surface area contributed by atoms with E-state index in [0.717, 1.165) is 58.1 Å². The summed E-state index contributed by atoms with van der Waals surface area (Å²) in [5.41, 5.74) is 0.810. The average molecular weight is 1700 g/mol. The zero-order chi connectivity index (χ0) is 91.2. The first-order valence-electron chi connectivity index (χ1n) is 47.9. The van der Waals surface area contributed by atoms with Gasteiger partial charge in [0.15, 0.2) is 28.9 Å². The molecule has 14 unspecified atom stereocenters. The molecule has 0 aliphatic heterocycles. The van der Waals surface area contributed by atoms with E-state index in [1.54, 1.807) is 41.5 Å². The number of rotatable bonds is 53. The summed E-state index contributed by atoms with van der Waals surface area (Å²) in [6.45, 7) is 70.9. The van der Waals surface area contributed by atoms with Gasteiger partial charge >= 0.3 is 0 Å². The molecule has 0 heterocycles. The summed E-state index contributed by atoms with van der Waals surface area (Å²) >= 11 is 0. The molecule has 0 saturated heterocycles. The smallest absolute Gasteiger partial charge is 0.220 e. The summed E-state index contributed by atoms with van der Waals surface area (Å²) in [6.07, 6.45) is 22.9. The van der Waals surface area contributed by atoms with Crippen molar-refractivity contribution in [2.24, 2.45) is 81.3 Å². The quantitative estimate of drug-likeness (QED) is 0.0279. The SMILES string of the molecule is C.CC(C)CCCCC(=O)NCCCCC(NC(C)C)C(=O)C(C)C.CC(C)NC(CCC(=O)NC(CCC(=O)NC(CCC(=O)C(C)C)C(=O)C(C)C)C(=O)C(C)C)C(=O)C(C)C.CC(C)NCCCC(NC(C)C)C(=O)C(C)C.CC(C)OC[C@@H](C)C1CCC2CC3(CC(OC(C)C)CC4CC(OC(C)C)CCC43C)CC(OC(C)C)C21C. The van der Waals surface area contributed by atoms with Crippen molar-refractivity contribution in [2.75, 3.05) is 19.7 Å². The highest BCUT2D eigenvalue weighted by Gasteiger charge is 2.67. The number of hydrogen-bond acceptors (Lipinski definition) is 17. The normalized spacial score (nSPS) is 23.2. The molecule has 120 heavy (non-hydrogen) atoms. The zero-order valence-electron chi connectivity index (χ0n) is 82.5. The maximum atomic E-state index is 12.8. The minimum absolute atomic E-state index is 0. The van der Waals surface area contributed by atoms with Gasteiger partial charge in [-0.3, -0.25) is 43.2 Å². The van der Waals surface area contributed by atoms with Crippen LogP contribution >= 0.6 is 0 Å². The van der Waals surface area contributed by atoms with Crippen LogP contribution in [0, 0.1) is 81.3 Å². The number of hydrogen-bond donors (Lipinski definition) is 7. The van der Waals surface area contributed by atoms with E-state index in [0.29, 0.717) is 109 Å². The molecule has 20 heteroatoms. The summed E-state index contributed by atoms with van der Waals surface area (Å²) in [6, 6.07) is -0.875. The molecule has 3 amide bonds. The zero-order valence-corrected chi connectivity index (χ0v) is 82.5. The second kappa shape index (κ2) is 58.5. The van der Waals surface area contributed by atoms with E-state index < -0.39 is 24.0 Å². The highest BCUT2D eigenvalue weighted by Crippen LogP contribution is 2.72. The third kappa shape index (κ3) is 42.6. The van der Waals surface area contributed by atoms with Gasteiger partial charge in [-0.1, -0.05) is 193 Å². The van der Waals surface area contributed by atoms with E-state index in [1.807, 2.05) is 55.4 Å². The molecule has 4 saturated carbocycles. The Morgan fingerprint density at radius 2 is 0.800 bits per heavy atom. The van der Waals surface area contributed by atoms with Gasteiger partial charge < -0.3 is 56.2 Å². The molecule has 4 aliphatic rings. The Morgan fingerprint density at radius 3 is 1.23 bits per heavy atom. The van der Waals surface area contributed by atoms with Gasteiger partial charge in [0.1, 0.15) is 5.78 Å². The molecular formula is C100H191N7O13. The molecule has 0 bridgehead atoms. The number of ketones is 6. The predicted molar refractivity (Wildman–Crippen MR) is 497 cm³/mol. The molecular weight excluding hydrogens is 1510 g/mol. The lowest BCUT2D eigenvalue weighted by molar-refractivity contribution is -0.234. The Bertz CT molecular complexity index is 2920. The van der Waals surface area contributed by atoms with Crippen molar-refractivity contribution < 1.29 is 62.1 Å². The predicted octanol–water partition coefficient (Wildman–Crippen LogP) is 19.5. The standard InChI is InChI=1S/C35H64O4.C30H53N3O6.C20H40N2O2.C14H30N2O.CH4/c1-22(2)36-21-26(9)31-13-12-27-18-35(20-32(34(27,31)11)39-25(7)8)19-30(38-24(5)6)17-28-16-29(37-23(3)4)14-15-33(28,35)10;1-17(2)25(34)14-11-23(29(38)19(5)6)32-27(36)16-13-24(30(39)20(7)8)33-26(35)15-12-22(31-21(9)10)28(37)18(3)4;1-15(2)11-7-8-13-19(23)21-14-10-9-12-18(22-17(5)6)20(24)16(3)4;1-10(2)14(17)13(16-12(5)6)8-7-9-15-11(3)4;/h22-32H,12-21H2,1-11H3;17-24,31H,11-16H2,1-10H3,(H,32,36)(H,33,35);15-18,22H,7-14H2,1-6H3,(H,21,23);10-13,15-16H,7-9H2,1-6H3;1H4/t26-,27?,28?,29?,30?,31?,32?,33?,34?,35?;;;;/m1..../s1. The number of Topliss-reactive ketones (excluding diaryl/α,β-unsaturated/α-hetero) is 6. The van der Waals surface area contributed by atoms with Crippen molar-refractivity contribution >= 4 is 52.4 Å². The highest BCUT2D eigenvalue weighted by molar-refractivity contribution is 5.93. The van der Waals surface area contributed by atoms with Gasteiger partial charge in [-0.25, -0.2) is 0 Å². The average Bonchev–Trinajstić information content (AvgIpc) is 1.29. The van der Waals surface area contributed by atoms with Crippen molar-refractivity contribution in [1.82, 2.24) is 37.2 Å². The molecule has 0 aromatic heterocycles. The molecule has 4 fully saturated rings. The Kier molecular flexibility index (Phi) is 56.6. The first-order chi connectivity index (χ1) is 55.2. The minimum Gasteiger partial charge on any atom is -0.379 e. The van der Waals surface area contributed by atoms with Gasteiger partial charge in [0.05, 0.1) is 72.9 Å². The molecule has 15 atom stereocenters. The van der Waals surface area contributed by atoms with Crippen LogP contribution in [0.25, 0.3) is 0 Å². The van der Waals surface area contributed by atoms with Crippen molar-refractivity contribution in [2.45, 2.75) is 487 Å². The molecule has 4 aliphatic carbocycles. The van der Waals surface area contributed by atoms with Crippen LogP contribution in [0.2, 0.25) is 0 Å². The van der Waals surface area contributed by atoms with Gasteiger partial charge in [0, 0.05) is 98.5 Å². The van der Waals surface area contributed by atoms with E-state index in [-0.39, 0.29) is 157 Å². The van der Waals surface area contributed by atoms with Gasteiger partial charge in [-0.15, -0.1) is 0 Å². The minimum atomic E-state index is -0.859. The van der Waals surface area contributed by atoms with E-state index in [1.165, 1.54) is 64.2 Å². The summed E-state index contributed by atoms with van der Waals surface area (Å²) in [5, 5.41) is 21.8. The second-order valence-electron chi connectivity index (χ2n) is 41.5. The summed E-state index contributed by atoms with van der Waals surface area (Å²) in [7, 11) is 0. The molecule has 1 spiro atoms. The van der Waals surface area contributed by atoms with E-state index in [2.05, 4.69) is 169 Å². The first-order valence-corrected chi connectivity index (χ1v) is 47.9. The van der Waals surface area contributed by atoms with E-state index in [9.17, 15) is 43.2 Å². The Labute approximate surface area is 736 Å². The Hall–Kier alpha value is -3.89. The number of nitrogens with one attached hydrogen (secondary N) is 7. The van der Waals surface area contributed by atoms with Gasteiger partial charge in [-0.2, -0.15) is 0 Å². The highest BCUT2D eigenvalue weighted by atomic mass is 16.5. The lowest BCUT2D eigenvalue weighted by atomic mass is 9.40. The number of carbonyl (C=O) groups excluding carboxylic acids is 9. The molecule has 20 nitrogen and oxygen atoms in total. The topological polar surface area (TPSA) is 275 Å². The molecule has 7 N–H and O–H groups in total. The summed E-state index contributed by atoms with van der Waals surface area (Å²) < 4.78 is 26.4. The number of ether oxygens (including phenoxy) is 4. The maximum Gasteiger partial charge on any atom is 0.220 e. The maximum absolute atomic E-state index is 12.8. The third-order valence-corrected chi connectivity index (χ3v) is 25.3. The van der Waals surface area contributed by atoms with E-state index >= 15 is 0 Å². The molecule has 0 aromatic carbocycles. The molecule has 0 radical (unpaired) electrons. The lowest BCUT2D eigenvalue weighted by Crippen LogP contribution is -2.62. The van der Waals surface area contributed by atoms with Crippen LogP contribution in [0.4, 0.5) is 0 Å². The van der Waals surface area contributed by atoms with Crippen LogP contribution in [0.3, 0.4) is 0 Å². The monoisotopic (exact) mass is 1700 g/mol. The number of carbonyl (C=O) groups is 9. The third-order valence-electron chi connectivity index (χ3n) is 25.3. The molecule has 704 valence electrons. The van der Waals surface area contributed by atoms with Crippen LogP contribution in [0.1, 0.15) is 390 Å². The summed E-state index contributed by atoms with van der Waals surface area (Å²) in [5.74, 6) is 2.23. The number of fused-ring (bicyclic) bond motifs is 3. The fourth-order valence-corrected chi connectivity index (χ4v) is 19.0. The first kappa shape index (κ1) is 116. The van der Waals surface area contributed by atoms with Gasteiger partial charge in [0.25, 0.3) is 0 Å². The van der Waals surface area contributed by atoms with E-state index in [4.69, 9.17) is 18.9 Å². The van der Waals surface area contributed by atoms with Crippen LogP contribution in [0.15, 0.2) is 0 Å². The Balaban J connectivity index is 0.00000165. The largest absolute Gasteiger partial charge is 0.379 e. The van der Waals surface area contributed by atoms with Gasteiger partial charge in [0.2, 0.25) is 17.7 Å². The van der Waals surface area contributed by atoms with Crippen molar-refractivity contribution in [3.63, 3.8) is 0 Å². The van der Waals surface area contributed by atoms with Crippen molar-refractivity contribution in [3.8, 4) is 0 Å². The summed E-state index contributed by atoms with van der Waals surface area (Å²) in [4.78, 5) is 112. The van der Waals surface area contributed by atoms with Crippen LogP contribution < -0.4 is 37.2 Å². The Morgan fingerprint density at radius 1 is 0.375 bits per heavy atom. The number of unbranched alkanes of at least 4 members (excludes halogenated alkanes) is 2. The fourth-order valence-electron chi connectivity index (χ4n) is 19.0. The van der Waals surface area contributed by atoms with Crippen molar-refractivity contribution in [3.05, 3.63) is 0 Å². The molecule has 0 aromatic rings. The van der Waals surface area contributed by atoms with Crippen LogP contribution in [-0.4, -0.2) is 169 Å². The van der Waals surface area contributed by atoms with Gasteiger partial charge in [-0.05, 0) is 223 Å². The number of amides is 3.